The molecule has 258 valence electrons. The van der Waals surface area contributed by atoms with Crippen LogP contribution in [0.3, 0.4) is 0 Å². The first-order chi connectivity index (χ1) is 22.5. The summed E-state index contributed by atoms with van der Waals surface area (Å²) in [4.78, 5) is 2.44. The first-order valence-electron chi connectivity index (χ1n) is 17.3. The molecule has 0 radical (unpaired) electrons. The molecule has 4 aliphatic rings. The number of halogens is 1. The van der Waals surface area contributed by atoms with Crippen LogP contribution in [0.2, 0.25) is 5.02 Å². The highest BCUT2D eigenvalue weighted by Crippen LogP contribution is 2.47. The maximum Gasteiger partial charge on any atom is 0.217 e. The first-order valence-corrected chi connectivity index (χ1v) is 19.2. The second-order valence-corrected chi connectivity index (χ2v) is 16.9. The summed E-state index contributed by atoms with van der Waals surface area (Å²) in [7, 11) is -2.19. The Morgan fingerprint density at radius 2 is 2.00 bits per heavy atom. The molecule has 2 aliphatic carbocycles. The molecular formula is C37H51ClN2O6S. The van der Waals surface area contributed by atoms with Gasteiger partial charge in [-0.2, -0.15) is 4.72 Å². The van der Waals surface area contributed by atoms with E-state index in [1.807, 2.05) is 39.0 Å². The van der Waals surface area contributed by atoms with E-state index in [4.69, 9.17) is 25.8 Å². The van der Waals surface area contributed by atoms with Crippen LogP contribution in [-0.2, 0) is 31.3 Å². The number of hydrogen-bond donors (Lipinski definition) is 2. The highest BCUT2D eigenvalue weighted by Gasteiger charge is 2.45. The van der Waals surface area contributed by atoms with Gasteiger partial charge in [-0.25, -0.2) is 8.42 Å². The van der Waals surface area contributed by atoms with Crippen molar-refractivity contribution < 1.29 is 27.7 Å². The maximum atomic E-state index is 13.8. The molecule has 1 saturated carbocycles. The number of nitrogens with zero attached hydrogens (tertiary/aromatic N) is 1. The zero-order valence-corrected chi connectivity index (χ0v) is 29.7. The molecule has 2 aromatic carbocycles. The van der Waals surface area contributed by atoms with Crippen LogP contribution < -0.4 is 14.4 Å². The van der Waals surface area contributed by atoms with E-state index in [-0.39, 0.29) is 23.4 Å². The third-order valence-corrected chi connectivity index (χ3v) is 13.5. The molecule has 0 aromatic heterocycles. The maximum absolute atomic E-state index is 13.8. The molecule has 7 atom stereocenters. The average molecular weight is 687 g/mol. The van der Waals surface area contributed by atoms with Crippen LogP contribution in [0.25, 0.3) is 0 Å². The fourth-order valence-corrected chi connectivity index (χ4v) is 10.9. The van der Waals surface area contributed by atoms with Crippen LogP contribution in [0.15, 0.2) is 48.6 Å². The van der Waals surface area contributed by atoms with Crippen LogP contribution in [0.1, 0.15) is 75.8 Å². The Hall–Kier alpha value is -2.14. The van der Waals surface area contributed by atoms with E-state index in [1.165, 1.54) is 11.1 Å². The smallest absolute Gasteiger partial charge is 0.217 e. The molecule has 10 heteroatoms. The Morgan fingerprint density at radius 1 is 1.17 bits per heavy atom. The Kier molecular flexibility index (Phi) is 10.6. The fourth-order valence-electron chi connectivity index (χ4n) is 8.61. The molecule has 2 heterocycles. The van der Waals surface area contributed by atoms with Crippen molar-refractivity contribution >= 4 is 27.3 Å². The zero-order chi connectivity index (χ0) is 33.3. The molecule has 2 N–H and O–H groups in total. The van der Waals surface area contributed by atoms with Crippen molar-refractivity contribution in [2.24, 2.45) is 23.7 Å². The minimum Gasteiger partial charge on any atom is -0.490 e. The monoisotopic (exact) mass is 686 g/mol. The van der Waals surface area contributed by atoms with Crippen LogP contribution in [-0.4, -0.2) is 64.9 Å². The summed E-state index contributed by atoms with van der Waals surface area (Å²) in [5.74, 6) is 1.16. The molecule has 0 amide bonds. The number of ether oxygens (including phenoxy) is 3. The first kappa shape index (κ1) is 34.7. The minimum absolute atomic E-state index is 0.0846. The third kappa shape index (κ3) is 7.26. The average Bonchev–Trinajstić information content (AvgIpc) is 3.15. The fraction of sp³-hybridized carbons (Fsp3) is 0.622. The van der Waals surface area contributed by atoms with Crippen molar-refractivity contribution in [2.45, 2.75) is 82.3 Å². The lowest BCUT2D eigenvalue weighted by Crippen LogP contribution is -2.49. The van der Waals surface area contributed by atoms with Gasteiger partial charge in [-0.3, -0.25) is 0 Å². The summed E-state index contributed by atoms with van der Waals surface area (Å²) in [6, 6.07) is 11.9. The summed E-state index contributed by atoms with van der Waals surface area (Å²) < 4.78 is 48.7. The molecule has 1 spiro atoms. The summed E-state index contributed by atoms with van der Waals surface area (Å²) >= 11 is 6.45. The number of benzene rings is 2. The summed E-state index contributed by atoms with van der Waals surface area (Å²) in [5, 5.41) is 11.5. The van der Waals surface area contributed by atoms with Crippen molar-refractivity contribution in [3.8, 4) is 5.75 Å². The highest BCUT2D eigenvalue weighted by atomic mass is 35.5. The van der Waals surface area contributed by atoms with Crippen molar-refractivity contribution in [1.82, 2.24) is 4.72 Å². The van der Waals surface area contributed by atoms with Crippen LogP contribution in [0.4, 0.5) is 5.69 Å². The molecular weight excluding hydrogens is 636 g/mol. The lowest BCUT2D eigenvalue weighted by atomic mass is 9.68. The van der Waals surface area contributed by atoms with Gasteiger partial charge in [0.15, 0.2) is 0 Å². The number of hydrogen-bond acceptors (Lipinski definition) is 7. The number of rotatable bonds is 5. The Balaban J connectivity index is 1.42. The molecule has 8 nitrogen and oxygen atoms in total. The van der Waals surface area contributed by atoms with Crippen LogP contribution >= 0.6 is 11.6 Å². The quantitative estimate of drug-likeness (QED) is 0.278. The molecule has 2 bridgehead atoms. The van der Waals surface area contributed by atoms with E-state index in [0.717, 1.165) is 61.7 Å². The minimum atomic E-state index is -3.88. The van der Waals surface area contributed by atoms with Gasteiger partial charge < -0.3 is 24.2 Å². The second kappa shape index (κ2) is 14.4. The standard InChI is InChI=1S/C37H51ClN2O6S/c1-24(2)35-25(3)7-5-9-33(45-18-17-44-4)30-13-10-28(30)21-40-22-37(16-6-8-26-19-29(38)12-14-31(26)37)23-46-34-15-11-27(20-32(34)40)36(41)39-47(35,42)43/h5,9,11-12,14-15,19-20,24-25,28,30,33,35-36,39,41H,6-8,10,13,16-18,21-23H2,1-4H3/b9-5+/t25-,28+,30-,33+,35+,36?,37+/m1/s1. The largest absolute Gasteiger partial charge is 0.490 e. The molecule has 1 fully saturated rings. The lowest BCUT2D eigenvalue weighted by molar-refractivity contribution is -0.0310. The Labute approximate surface area is 285 Å². The number of allylic oxidation sites excluding steroid dienone is 1. The predicted octanol–water partition coefficient (Wildman–Crippen LogP) is 6.40. The summed E-state index contributed by atoms with van der Waals surface area (Å²) in [5.41, 5.74) is 3.74. The van der Waals surface area contributed by atoms with Gasteiger partial charge in [0.25, 0.3) is 0 Å². The molecule has 6 rings (SSSR count). The van der Waals surface area contributed by atoms with Crippen molar-refractivity contribution in [1.29, 1.82) is 0 Å². The van der Waals surface area contributed by atoms with Gasteiger partial charge in [0.2, 0.25) is 10.0 Å². The number of aliphatic hydroxyl groups excluding tert-OH is 1. The van der Waals surface area contributed by atoms with E-state index < -0.39 is 21.5 Å². The molecule has 2 aromatic rings. The van der Waals surface area contributed by atoms with E-state index in [0.29, 0.717) is 43.6 Å². The number of anilines is 1. The number of aliphatic hydroxyl groups is 1. The Morgan fingerprint density at radius 3 is 2.74 bits per heavy atom. The molecule has 1 unspecified atom stereocenters. The third-order valence-electron chi connectivity index (χ3n) is 11.0. The second-order valence-electron chi connectivity index (χ2n) is 14.6. The van der Waals surface area contributed by atoms with Crippen molar-refractivity contribution in [3.05, 3.63) is 70.3 Å². The van der Waals surface area contributed by atoms with Crippen LogP contribution in [0.5, 0.6) is 5.75 Å². The Bertz CT molecular complexity index is 1550. The van der Waals surface area contributed by atoms with E-state index in [2.05, 4.69) is 33.9 Å². The normalized spacial score (nSPS) is 32.9. The number of nitrogens with one attached hydrogen (secondary N) is 1. The molecule has 0 saturated heterocycles. The predicted molar refractivity (Wildman–Crippen MR) is 187 cm³/mol. The molecule has 47 heavy (non-hydrogen) atoms. The van der Waals surface area contributed by atoms with Gasteiger partial charge in [0, 0.05) is 30.6 Å². The van der Waals surface area contributed by atoms with Gasteiger partial charge in [-0.15, -0.1) is 0 Å². The highest BCUT2D eigenvalue weighted by molar-refractivity contribution is 7.90. The SMILES string of the molecule is COCCO[C@H]1/C=C/C[C@@H](C)[C@H](C(C)C)S(=O)(=O)NC(O)c2ccc3c(c2)N(C[C@@H]2CC[C@H]21)C[C@@]1(CCCc2cc(Cl)ccc21)CO3. The summed E-state index contributed by atoms with van der Waals surface area (Å²) in [6.45, 7) is 8.94. The number of fused-ring (bicyclic) bond motifs is 4. The van der Waals surface area contributed by atoms with Crippen molar-refractivity contribution in [3.63, 3.8) is 0 Å². The van der Waals surface area contributed by atoms with Gasteiger partial charge >= 0.3 is 0 Å². The van der Waals surface area contributed by atoms with Gasteiger partial charge in [0.1, 0.15) is 12.0 Å². The van der Waals surface area contributed by atoms with Crippen molar-refractivity contribution in [2.75, 3.05) is 44.9 Å². The van der Waals surface area contributed by atoms with E-state index in [9.17, 15) is 13.5 Å². The van der Waals surface area contributed by atoms with E-state index in [1.54, 1.807) is 13.2 Å². The number of sulfonamides is 1. The number of methoxy groups -OCH3 is 1. The zero-order valence-electron chi connectivity index (χ0n) is 28.2. The number of aryl methyl sites for hydroxylation is 1. The van der Waals surface area contributed by atoms with E-state index >= 15 is 0 Å². The van der Waals surface area contributed by atoms with Gasteiger partial charge in [0.05, 0.1) is 36.9 Å². The lowest BCUT2D eigenvalue weighted by Gasteiger charge is -2.46. The van der Waals surface area contributed by atoms with Gasteiger partial charge in [-0.1, -0.05) is 56.7 Å². The summed E-state index contributed by atoms with van der Waals surface area (Å²) in [6.07, 6.45) is 8.59. The topological polar surface area (TPSA) is 97.3 Å². The van der Waals surface area contributed by atoms with Gasteiger partial charge in [-0.05, 0) is 103 Å². The van der Waals surface area contributed by atoms with Crippen LogP contribution in [0, 0.1) is 23.7 Å². The molecule has 2 aliphatic heterocycles.